The van der Waals surface area contributed by atoms with Crippen LogP contribution in [0.2, 0.25) is 0 Å². The summed E-state index contributed by atoms with van der Waals surface area (Å²) in [5.41, 5.74) is 7.41. The highest BCUT2D eigenvalue weighted by atomic mass is 15.3. The van der Waals surface area contributed by atoms with Crippen LogP contribution in [0.3, 0.4) is 0 Å². The van der Waals surface area contributed by atoms with Crippen LogP contribution in [0.5, 0.6) is 0 Å². The Morgan fingerprint density at radius 3 is 2.65 bits per heavy atom. The van der Waals surface area contributed by atoms with Gasteiger partial charge in [-0.15, -0.1) is 0 Å². The summed E-state index contributed by atoms with van der Waals surface area (Å²) >= 11 is 0. The third kappa shape index (κ3) is 3.93. The van der Waals surface area contributed by atoms with E-state index in [1.807, 2.05) is 12.3 Å². The number of nitrogens with two attached hydrogens (primary N) is 1. The highest BCUT2D eigenvalue weighted by Gasteiger charge is 2.19. The summed E-state index contributed by atoms with van der Waals surface area (Å²) in [7, 11) is 0. The van der Waals surface area contributed by atoms with Gasteiger partial charge in [0.1, 0.15) is 5.82 Å². The Morgan fingerprint density at radius 2 is 2.00 bits per heavy atom. The number of hydrogen-bond acceptors (Lipinski definition) is 4. The average Bonchev–Trinajstić information content (AvgIpc) is 2.49. The van der Waals surface area contributed by atoms with Gasteiger partial charge in [-0.2, -0.15) is 0 Å². The van der Waals surface area contributed by atoms with Gasteiger partial charge in [-0.1, -0.05) is 19.9 Å². The third-order valence-corrected chi connectivity index (χ3v) is 4.09. The fraction of sp³-hybridized carbons (Fsp3) is 0.688. The predicted octanol–water partition coefficient (Wildman–Crippen LogP) is 1.89. The molecule has 112 valence electrons. The molecule has 0 radical (unpaired) electrons. The number of nitrogens with zero attached hydrogens (tertiary/aromatic N) is 3. The van der Waals surface area contributed by atoms with Crippen molar-refractivity contribution in [3.8, 4) is 0 Å². The zero-order chi connectivity index (χ0) is 14.4. The molecule has 1 aromatic heterocycles. The van der Waals surface area contributed by atoms with Gasteiger partial charge in [0.2, 0.25) is 0 Å². The van der Waals surface area contributed by atoms with Gasteiger partial charge in [0, 0.05) is 38.4 Å². The normalized spacial score (nSPS) is 18.2. The first-order valence-electron chi connectivity index (χ1n) is 7.91. The second kappa shape index (κ2) is 7.60. The molecule has 0 aromatic carbocycles. The van der Waals surface area contributed by atoms with Crippen LogP contribution in [0.25, 0.3) is 0 Å². The molecule has 4 heteroatoms. The SMILES string of the molecule is CCCN1CCN(c2ncccc2CC(N)CC)CC1. The van der Waals surface area contributed by atoms with Crippen molar-refractivity contribution in [3.63, 3.8) is 0 Å². The van der Waals surface area contributed by atoms with Crippen LogP contribution < -0.4 is 10.6 Å². The Balaban J connectivity index is 2.02. The molecule has 1 atom stereocenters. The molecule has 2 rings (SSSR count). The summed E-state index contributed by atoms with van der Waals surface area (Å²) in [6.45, 7) is 10.0. The average molecular weight is 276 g/mol. The van der Waals surface area contributed by atoms with Crippen molar-refractivity contribution < 1.29 is 0 Å². The van der Waals surface area contributed by atoms with Crippen molar-refractivity contribution in [1.29, 1.82) is 0 Å². The maximum atomic E-state index is 6.11. The summed E-state index contributed by atoms with van der Waals surface area (Å²) in [5, 5.41) is 0. The number of aromatic nitrogens is 1. The van der Waals surface area contributed by atoms with Crippen molar-refractivity contribution in [3.05, 3.63) is 23.9 Å². The van der Waals surface area contributed by atoms with E-state index in [1.54, 1.807) is 0 Å². The molecule has 20 heavy (non-hydrogen) atoms. The minimum Gasteiger partial charge on any atom is -0.354 e. The first kappa shape index (κ1) is 15.3. The molecule has 0 spiro atoms. The van der Waals surface area contributed by atoms with Gasteiger partial charge < -0.3 is 10.6 Å². The minimum absolute atomic E-state index is 0.235. The van der Waals surface area contributed by atoms with Crippen LogP contribution in [0, 0.1) is 0 Å². The maximum absolute atomic E-state index is 6.11. The minimum atomic E-state index is 0.235. The molecular formula is C16H28N4. The molecule has 4 nitrogen and oxygen atoms in total. The highest BCUT2D eigenvalue weighted by Crippen LogP contribution is 2.20. The van der Waals surface area contributed by atoms with E-state index in [0.29, 0.717) is 0 Å². The zero-order valence-electron chi connectivity index (χ0n) is 12.9. The lowest BCUT2D eigenvalue weighted by Crippen LogP contribution is -2.47. The summed E-state index contributed by atoms with van der Waals surface area (Å²) in [5.74, 6) is 1.15. The fourth-order valence-corrected chi connectivity index (χ4v) is 2.80. The molecule has 1 aromatic rings. The van der Waals surface area contributed by atoms with Gasteiger partial charge in [-0.05, 0) is 37.4 Å². The van der Waals surface area contributed by atoms with E-state index < -0.39 is 0 Å². The molecule has 1 aliphatic rings. The second-order valence-corrected chi connectivity index (χ2v) is 5.69. The summed E-state index contributed by atoms with van der Waals surface area (Å²) in [6.07, 6.45) is 5.07. The van der Waals surface area contributed by atoms with E-state index in [-0.39, 0.29) is 6.04 Å². The number of anilines is 1. The van der Waals surface area contributed by atoms with Crippen molar-refractivity contribution >= 4 is 5.82 Å². The van der Waals surface area contributed by atoms with Crippen molar-refractivity contribution in [2.24, 2.45) is 5.73 Å². The third-order valence-electron chi connectivity index (χ3n) is 4.09. The quantitative estimate of drug-likeness (QED) is 0.862. The Hall–Kier alpha value is -1.13. The first-order valence-corrected chi connectivity index (χ1v) is 7.91. The molecule has 1 saturated heterocycles. The standard InChI is InChI=1S/C16H28N4/c1-3-8-19-9-11-20(12-10-19)16-14(6-5-7-18-16)13-15(17)4-2/h5-7,15H,3-4,8-13,17H2,1-2H3. The molecule has 2 heterocycles. The van der Waals surface area contributed by atoms with Crippen molar-refractivity contribution in [2.75, 3.05) is 37.6 Å². The van der Waals surface area contributed by atoms with E-state index in [4.69, 9.17) is 5.73 Å². The van der Waals surface area contributed by atoms with E-state index in [0.717, 1.165) is 44.8 Å². The van der Waals surface area contributed by atoms with Crippen molar-refractivity contribution in [2.45, 2.75) is 39.2 Å². The lowest BCUT2D eigenvalue weighted by molar-refractivity contribution is 0.258. The first-order chi connectivity index (χ1) is 9.74. The number of rotatable bonds is 6. The smallest absolute Gasteiger partial charge is 0.131 e. The van der Waals surface area contributed by atoms with Crippen molar-refractivity contribution in [1.82, 2.24) is 9.88 Å². The molecule has 0 aliphatic carbocycles. The zero-order valence-corrected chi connectivity index (χ0v) is 12.9. The highest BCUT2D eigenvalue weighted by molar-refractivity contribution is 5.47. The monoisotopic (exact) mass is 276 g/mol. The molecule has 1 fully saturated rings. The fourth-order valence-electron chi connectivity index (χ4n) is 2.80. The lowest BCUT2D eigenvalue weighted by atomic mass is 10.0. The van der Waals surface area contributed by atoms with Crippen LogP contribution in [0.1, 0.15) is 32.3 Å². The Labute approximate surface area is 123 Å². The summed E-state index contributed by atoms with van der Waals surface area (Å²) in [6, 6.07) is 4.43. The molecule has 2 N–H and O–H groups in total. The largest absolute Gasteiger partial charge is 0.354 e. The number of piperazine rings is 1. The Bertz CT molecular complexity index is 399. The maximum Gasteiger partial charge on any atom is 0.131 e. The van der Waals surface area contributed by atoms with Gasteiger partial charge >= 0.3 is 0 Å². The lowest BCUT2D eigenvalue weighted by Gasteiger charge is -2.36. The molecule has 0 saturated carbocycles. The summed E-state index contributed by atoms with van der Waals surface area (Å²) in [4.78, 5) is 9.57. The van der Waals surface area contributed by atoms with Crippen LogP contribution in [0.4, 0.5) is 5.82 Å². The van der Waals surface area contributed by atoms with E-state index >= 15 is 0 Å². The molecule has 0 bridgehead atoms. The number of hydrogen-bond donors (Lipinski definition) is 1. The van der Waals surface area contributed by atoms with E-state index in [1.165, 1.54) is 18.5 Å². The molecule has 1 unspecified atom stereocenters. The van der Waals surface area contributed by atoms with E-state index in [2.05, 4.69) is 34.7 Å². The van der Waals surface area contributed by atoms with Crippen LogP contribution in [0.15, 0.2) is 18.3 Å². The second-order valence-electron chi connectivity index (χ2n) is 5.69. The van der Waals surface area contributed by atoms with Gasteiger partial charge in [-0.3, -0.25) is 4.90 Å². The van der Waals surface area contributed by atoms with Gasteiger partial charge in [0.05, 0.1) is 0 Å². The summed E-state index contributed by atoms with van der Waals surface area (Å²) < 4.78 is 0. The molecule has 0 amide bonds. The van der Waals surface area contributed by atoms with Crippen LogP contribution in [-0.2, 0) is 6.42 Å². The topological polar surface area (TPSA) is 45.4 Å². The van der Waals surface area contributed by atoms with Crippen LogP contribution in [-0.4, -0.2) is 48.6 Å². The predicted molar refractivity (Wildman–Crippen MR) is 85.2 cm³/mol. The van der Waals surface area contributed by atoms with E-state index in [9.17, 15) is 0 Å². The number of pyridine rings is 1. The van der Waals surface area contributed by atoms with Gasteiger partial charge in [-0.25, -0.2) is 4.98 Å². The Kier molecular flexibility index (Phi) is 5.80. The molecular weight excluding hydrogens is 248 g/mol. The van der Waals surface area contributed by atoms with Gasteiger partial charge in [0.25, 0.3) is 0 Å². The molecule has 1 aliphatic heterocycles. The van der Waals surface area contributed by atoms with Crippen LogP contribution >= 0.6 is 0 Å². The van der Waals surface area contributed by atoms with Gasteiger partial charge in [0.15, 0.2) is 0 Å². The Morgan fingerprint density at radius 1 is 1.25 bits per heavy atom.